The number of nitrogens with two attached hydrogens (primary N) is 1. The Bertz CT molecular complexity index is 768. The SMILES string of the molecule is CC(C)CC(NC(=O)C(NC(=O)C(N)Cc1cnc[nH]1)C(C)O)C(=O)NC(CO)C(=O)O. The Morgan fingerprint density at radius 3 is 2.16 bits per heavy atom. The highest BCUT2D eigenvalue weighted by Crippen LogP contribution is 2.07. The van der Waals surface area contributed by atoms with E-state index in [4.69, 9.17) is 15.9 Å². The number of nitrogens with zero attached hydrogens (tertiary/aromatic N) is 1. The van der Waals surface area contributed by atoms with E-state index >= 15 is 0 Å². The highest BCUT2D eigenvalue weighted by Gasteiger charge is 2.32. The van der Waals surface area contributed by atoms with Crippen molar-refractivity contribution in [1.29, 1.82) is 0 Å². The van der Waals surface area contributed by atoms with Crippen molar-refractivity contribution in [2.45, 2.75) is 63.9 Å². The maximum atomic E-state index is 12.8. The minimum absolute atomic E-state index is 0.0640. The molecule has 0 radical (unpaired) electrons. The number of aliphatic carboxylic acids is 1. The summed E-state index contributed by atoms with van der Waals surface area (Å²) in [4.78, 5) is 55.4. The molecule has 0 aromatic carbocycles. The first kappa shape index (κ1) is 27.0. The number of H-pyrrole nitrogens is 1. The summed E-state index contributed by atoms with van der Waals surface area (Å²) in [5.74, 6) is -3.86. The number of carbonyl (C=O) groups is 4. The topological polar surface area (TPSA) is 220 Å². The fourth-order valence-electron chi connectivity index (χ4n) is 2.81. The molecule has 3 amide bonds. The molecule has 1 heterocycles. The Morgan fingerprint density at radius 1 is 1.06 bits per heavy atom. The van der Waals surface area contributed by atoms with Crippen molar-refractivity contribution in [2.24, 2.45) is 11.7 Å². The third kappa shape index (κ3) is 8.61. The van der Waals surface area contributed by atoms with Gasteiger partial charge >= 0.3 is 5.97 Å². The number of aromatic amines is 1. The van der Waals surface area contributed by atoms with Gasteiger partial charge in [0, 0.05) is 18.3 Å². The van der Waals surface area contributed by atoms with Crippen LogP contribution in [0.5, 0.6) is 0 Å². The Morgan fingerprint density at radius 2 is 1.69 bits per heavy atom. The summed E-state index contributed by atoms with van der Waals surface area (Å²) in [6.07, 6.45) is 1.88. The van der Waals surface area contributed by atoms with Gasteiger partial charge in [0.05, 0.1) is 25.1 Å². The second-order valence-electron chi connectivity index (χ2n) is 7.89. The van der Waals surface area contributed by atoms with E-state index in [0.717, 1.165) is 0 Å². The van der Waals surface area contributed by atoms with Gasteiger partial charge < -0.3 is 42.0 Å². The van der Waals surface area contributed by atoms with E-state index in [1.165, 1.54) is 19.4 Å². The molecule has 13 nitrogen and oxygen atoms in total. The van der Waals surface area contributed by atoms with Gasteiger partial charge in [-0.1, -0.05) is 13.8 Å². The summed E-state index contributed by atoms with van der Waals surface area (Å²) in [7, 11) is 0. The Balaban J connectivity index is 2.87. The Kier molecular flexibility index (Phi) is 10.7. The van der Waals surface area contributed by atoms with E-state index in [1.807, 2.05) is 0 Å². The number of nitrogens with one attached hydrogen (secondary N) is 4. The molecule has 0 aliphatic rings. The summed E-state index contributed by atoms with van der Waals surface area (Å²) >= 11 is 0. The number of carboxylic acids is 1. The number of aromatic nitrogens is 2. The van der Waals surface area contributed by atoms with Gasteiger partial charge in [0.1, 0.15) is 18.1 Å². The second kappa shape index (κ2) is 12.7. The van der Waals surface area contributed by atoms with Crippen LogP contribution < -0.4 is 21.7 Å². The molecule has 0 fully saturated rings. The first-order valence-electron chi connectivity index (χ1n) is 10.1. The highest BCUT2D eigenvalue weighted by molar-refractivity contribution is 5.94. The van der Waals surface area contributed by atoms with Gasteiger partial charge in [-0.15, -0.1) is 0 Å². The van der Waals surface area contributed by atoms with Crippen LogP contribution in [0, 0.1) is 5.92 Å². The van der Waals surface area contributed by atoms with Crippen LogP contribution in [0.1, 0.15) is 32.9 Å². The lowest BCUT2D eigenvalue weighted by molar-refractivity contribution is -0.143. The lowest BCUT2D eigenvalue weighted by Gasteiger charge is -2.27. The van der Waals surface area contributed by atoms with Crippen LogP contribution in [-0.2, 0) is 25.6 Å². The van der Waals surface area contributed by atoms with Crippen molar-refractivity contribution in [2.75, 3.05) is 6.61 Å². The number of hydrogen-bond donors (Lipinski definition) is 8. The molecule has 13 heteroatoms. The Labute approximate surface area is 185 Å². The van der Waals surface area contributed by atoms with Crippen LogP contribution >= 0.6 is 0 Å². The predicted octanol–water partition coefficient (Wildman–Crippen LogP) is -2.76. The van der Waals surface area contributed by atoms with Crippen molar-refractivity contribution in [3.63, 3.8) is 0 Å². The summed E-state index contributed by atoms with van der Waals surface area (Å²) in [6.45, 7) is 4.03. The smallest absolute Gasteiger partial charge is 0.328 e. The van der Waals surface area contributed by atoms with Gasteiger partial charge in [0.25, 0.3) is 0 Å². The fourth-order valence-corrected chi connectivity index (χ4v) is 2.81. The zero-order chi connectivity index (χ0) is 24.4. The molecule has 0 aliphatic carbocycles. The lowest BCUT2D eigenvalue weighted by atomic mass is 10.0. The number of carboxylic acid groups (broad SMARTS) is 1. The van der Waals surface area contributed by atoms with Gasteiger partial charge in [-0.05, 0) is 19.3 Å². The lowest BCUT2D eigenvalue weighted by Crippen LogP contribution is -2.60. The third-order valence-corrected chi connectivity index (χ3v) is 4.53. The number of aliphatic hydroxyl groups excluding tert-OH is 2. The van der Waals surface area contributed by atoms with Crippen LogP contribution in [0.4, 0.5) is 0 Å². The minimum atomic E-state index is -1.54. The van der Waals surface area contributed by atoms with Crippen LogP contribution in [0.3, 0.4) is 0 Å². The first-order chi connectivity index (χ1) is 15.0. The van der Waals surface area contributed by atoms with Crippen LogP contribution in [0.2, 0.25) is 0 Å². The average molecular weight is 457 g/mol. The monoisotopic (exact) mass is 456 g/mol. The molecule has 5 atom stereocenters. The number of imidazole rings is 1. The highest BCUT2D eigenvalue weighted by atomic mass is 16.4. The molecule has 1 rings (SSSR count). The largest absolute Gasteiger partial charge is 0.480 e. The maximum Gasteiger partial charge on any atom is 0.328 e. The molecule has 0 bridgehead atoms. The Hall–Kier alpha value is -3.03. The van der Waals surface area contributed by atoms with Gasteiger partial charge in [0.15, 0.2) is 0 Å². The van der Waals surface area contributed by atoms with Crippen molar-refractivity contribution in [3.05, 3.63) is 18.2 Å². The van der Waals surface area contributed by atoms with Crippen molar-refractivity contribution >= 4 is 23.7 Å². The molecule has 0 spiro atoms. The number of amides is 3. The summed E-state index contributed by atoms with van der Waals surface area (Å²) < 4.78 is 0. The van der Waals surface area contributed by atoms with Gasteiger partial charge in [-0.25, -0.2) is 9.78 Å². The minimum Gasteiger partial charge on any atom is -0.480 e. The fraction of sp³-hybridized carbons (Fsp3) is 0.632. The van der Waals surface area contributed by atoms with E-state index < -0.39 is 60.6 Å². The van der Waals surface area contributed by atoms with Crippen LogP contribution in [0.25, 0.3) is 0 Å². The molecule has 1 aromatic heterocycles. The molecule has 1 aromatic rings. The van der Waals surface area contributed by atoms with Crippen LogP contribution in [-0.4, -0.2) is 85.9 Å². The summed E-state index contributed by atoms with van der Waals surface area (Å²) in [5, 5.41) is 35.1. The number of aliphatic hydroxyl groups is 2. The average Bonchev–Trinajstić information content (AvgIpc) is 3.21. The summed E-state index contributed by atoms with van der Waals surface area (Å²) in [6, 6.07) is -5.14. The van der Waals surface area contributed by atoms with E-state index in [2.05, 4.69) is 25.9 Å². The predicted molar refractivity (Wildman–Crippen MR) is 112 cm³/mol. The van der Waals surface area contributed by atoms with Crippen molar-refractivity contribution in [1.82, 2.24) is 25.9 Å². The molecule has 32 heavy (non-hydrogen) atoms. The first-order valence-corrected chi connectivity index (χ1v) is 10.1. The van der Waals surface area contributed by atoms with Crippen LogP contribution in [0.15, 0.2) is 12.5 Å². The summed E-state index contributed by atoms with van der Waals surface area (Å²) in [5.41, 5.74) is 6.46. The van der Waals surface area contributed by atoms with E-state index in [1.54, 1.807) is 13.8 Å². The zero-order valence-electron chi connectivity index (χ0n) is 18.2. The van der Waals surface area contributed by atoms with E-state index in [9.17, 15) is 24.3 Å². The van der Waals surface area contributed by atoms with E-state index in [0.29, 0.717) is 5.69 Å². The molecular formula is C19H32N6O7. The van der Waals surface area contributed by atoms with E-state index in [-0.39, 0.29) is 18.8 Å². The molecule has 180 valence electrons. The van der Waals surface area contributed by atoms with Crippen molar-refractivity contribution < 1.29 is 34.5 Å². The molecule has 5 unspecified atom stereocenters. The number of hydrogen-bond acceptors (Lipinski definition) is 8. The quantitative estimate of drug-likeness (QED) is 0.154. The van der Waals surface area contributed by atoms with Gasteiger partial charge in [0.2, 0.25) is 17.7 Å². The van der Waals surface area contributed by atoms with Crippen molar-refractivity contribution in [3.8, 4) is 0 Å². The second-order valence-corrected chi connectivity index (χ2v) is 7.89. The molecule has 0 aliphatic heterocycles. The maximum absolute atomic E-state index is 12.8. The normalized spacial score (nSPS) is 15.8. The molecule has 0 saturated heterocycles. The van der Waals surface area contributed by atoms with Gasteiger partial charge in [-0.2, -0.15) is 0 Å². The molecule has 0 saturated carbocycles. The van der Waals surface area contributed by atoms with Gasteiger partial charge in [-0.3, -0.25) is 14.4 Å². The number of rotatable bonds is 13. The zero-order valence-corrected chi connectivity index (χ0v) is 18.2. The molecule has 9 N–H and O–H groups in total. The molecular weight excluding hydrogens is 424 g/mol. The number of carbonyl (C=O) groups excluding carboxylic acids is 3. The third-order valence-electron chi connectivity index (χ3n) is 4.53. The standard InChI is InChI=1S/C19H32N6O7/c1-9(2)4-13(17(29)24-14(7-26)19(31)32)23-18(30)15(10(3)27)25-16(28)12(20)5-11-6-21-8-22-11/h6,8-10,12-15,26-27H,4-5,7,20H2,1-3H3,(H,21,22)(H,23,30)(H,24,29)(H,25,28)(H,31,32).